The lowest BCUT2D eigenvalue weighted by Gasteiger charge is -2.10. The first-order chi connectivity index (χ1) is 7.88. The molecule has 1 aliphatic heterocycles. The lowest BCUT2D eigenvalue weighted by atomic mass is 10.1. The molecule has 2 atom stereocenters. The van der Waals surface area contributed by atoms with Crippen molar-refractivity contribution in [1.82, 2.24) is 0 Å². The van der Waals surface area contributed by atoms with Crippen molar-refractivity contribution in [3.05, 3.63) is 42.0 Å². The van der Waals surface area contributed by atoms with Crippen LogP contribution < -0.4 is 0 Å². The molecular weight excluding hydrogens is 200 g/mol. The Labute approximate surface area is 96.9 Å². The van der Waals surface area contributed by atoms with E-state index in [0.29, 0.717) is 0 Å². The number of rotatable bonds is 4. The summed E-state index contributed by atoms with van der Waals surface area (Å²) in [5.74, 6) is 0. The molecule has 0 saturated carbocycles. The molecule has 0 spiro atoms. The van der Waals surface area contributed by atoms with Crippen molar-refractivity contribution < 1.29 is 9.47 Å². The molecule has 0 bridgehead atoms. The van der Waals surface area contributed by atoms with Crippen LogP contribution in [0.5, 0.6) is 0 Å². The fourth-order valence-corrected chi connectivity index (χ4v) is 1.86. The molecule has 86 valence electrons. The van der Waals surface area contributed by atoms with E-state index in [2.05, 4.69) is 24.3 Å². The predicted octanol–water partition coefficient (Wildman–Crippen LogP) is 3.24. The van der Waals surface area contributed by atoms with Crippen molar-refractivity contribution in [2.45, 2.75) is 32.2 Å². The molecule has 1 aromatic rings. The van der Waals surface area contributed by atoms with E-state index in [4.69, 9.17) is 9.47 Å². The van der Waals surface area contributed by atoms with E-state index in [1.165, 1.54) is 5.56 Å². The molecule has 16 heavy (non-hydrogen) atoms. The molecule has 0 radical (unpaired) electrons. The lowest BCUT2D eigenvalue weighted by Crippen LogP contribution is -2.12. The molecule has 1 aromatic carbocycles. The van der Waals surface area contributed by atoms with Gasteiger partial charge in [0.05, 0.1) is 6.10 Å². The van der Waals surface area contributed by atoms with E-state index in [1.807, 2.05) is 25.1 Å². The van der Waals surface area contributed by atoms with Crippen molar-refractivity contribution in [3.8, 4) is 0 Å². The Hall–Kier alpha value is -1.12. The maximum absolute atomic E-state index is 5.71. The Bertz CT molecular complexity index is 332. The minimum absolute atomic E-state index is 0.00424. The van der Waals surface area contributed by atoms with E-state index in [-0.39, 0.29) is 12.4 Å². The molecule has 2 nitrogen and oxygen atoms in total. The largest absolute Gasteiger partial charge is 0.353 e. The summed E-state index contributed by atoms with van der Waals surface area (Å²) in [6.45, 7) is 2.72. The minimum atomic E-state index is -0.00424. The zero-order valence-electron chi connectivity index (χ0n) is 9.63. The summed E-state index contributed by atoms with van der Waals surface area (Å²) in [5, 5.41) is 0. The molecule has 0 unspecified atom stereocenters. The summed E-state index contributed by atoms with van der Waals surface area (Å²) in [5.41, 5.74) is 1.21. The highest BCUT2D eigenvalue weighted by atomic mass is 16.7. The molecule has 0 N–H and O–H groups in total. The van der Waals surface area contributed by atoms with Crippen molar-refractivity contribution >= 4 is 6.08 Å². The van der Waals surface area contributed by atoms with Crippen molar-refractivity contribution in [1.29, 1.82) is 0 Å². The molecule has 2 heteroatoms. The van der Waals surface area contributed by atoms with Gasteiger partial charge >= 0.3 is 0 Å². The normalized spacial score (nSPS) is 25.3. The zero-order valence-corrected chi connectivity index (χ0v) is 9.63. The summed E-state index contributed by atoms with van der Waals surface area (Å²) in [4.78, 5) is 0. The van der Waals surface area contributed by atoms with Crippen LogP contribution in [0.1, 0.15) is 25.3 Å². The van der Waals surface area contributed by atoms with E-state index < -0.39 is 0 Å². The standard InChI is InChI=1S/C14H18O2/c1-2-15-14-11-10-13(16-14)9-8-12-6-4-3-5-7-12/h3-9,13-14H,2,10-11H2,1H3/b9-8+/t13-,14-/m0/s1. The highest BCUT2D eigenvalue weighted by Crippen LogP contribution is 2.22. The van der Waals surface area contributed by atoms with Crippen molar-refractivity contribution in [2.75, 3.05) is 6.61 Å². The van der Waals surface area contributed by atoms with Crippen LogP contribution in [0.25, 0.3) is 6.08 Å². The number of hydrogen-bond donors (Lipinski definition) is 0. The summed E-state index contributed by atoms with van der Waals surface area (Å²) >= 11 is 0. The fourth-order valence-electron chi connectivity index (χ4n) is 1.86. The quantitative estimate of drug-likeness (QED) is 0.772. The van der Waals surface area contributed by atoms with Gasteiger partial charge in [-0.25, -0.2) is 0 Å². The average molecular weight is 218 g/mol. The summed E-state index contributed by atoms with van der Waals surface area (Å²) in [6, 6.07) is 10.3. The maximum Gasteiger partial charge on any atom is 0.158 e. The first kappa shape index (κ1) is 11.4. The summed E-state index contributed by atoms with van der Waals surface area (Å²) < 4.78 is 11.1. The molecule has 2 rings (SSSR count). The van der Waals surface area contributed by atoms with Crippen LogP contribution in [-0.4, -0.2) is 19.0 Å². The second kappa shape index (κ2) is 5.83. The van der Waals surface area contributed by atoms with Gasteiger partial charge in [-0.2, -0.15) is 0 Å². The van der Waals surface area contributed by atoms with Crippen LogP contribution in [0.2, 0.25) is 0 Å². The lowest BCUT2D eigenvalue weighted by molar-refractivity contribution is -0.120. The molecule has 1 aliphatic rings. The van der Waals surface area contributed by atoms with E-state index in [0.717, 1.165) is 19.4 Å². The summed E-state index contributed by atoms with van der Waals surface area (Å²) in [6.07, 6.45) is 6.48. The first-order valence-electron chi connectivity index (χ1n) is 5.89. The highest BCUT2D eigenvalue weighted by molar-refractivity contribution is 5.49. The van der Waals surface area contributed by atoms with Crippen LogP contribution in [0, 0.1) is 0 Å². The van der Waals surface area contributed by atoms with Gasteiger partial charge in [0.15, 0.2) is 6.29 Å². The Kier molecular flexibility index (Phi) is 4.14. The van der Waals surface area contributed by atoms with Crippen LogP contribution in [0.4, 0.5) is 0 Å². The highest BCUT2D eigenvalue weighted by Gasteiger charge is 2.22. The Balaban J connectivity index is 1.85. The molecule has 0 amide bonds. The van der Waals surface area contributed by atoms with Gasteiger partial charge in [0.2, 0.25) is 0 Å². The van der Waals surface area contributed by atoms with Gasteiger partial charge in [-0.05, 0) is 18.9 Å². The average Bonchev–Trinajstić information content (AvgIpc) is 2.76. The topological polar surface area (TPSA) is 18.5 Å². The van der Waals surface area contributed by atoms with Gasteiger partial charge in [0.25, 0.3) is 0 Å². The maximum atomic E-state index is 5.71. The number of hydrogen-bond acceptors (Lipinski definition) is 2. The van der Waals surface area contributed by atoms with Crippen LogP contribution >= 0.6 is 0 Å². The summed E-state index contributed by atoms with van der Waals surface area (Å²) in [7, 11) is 0. The van der Waals surface area contributed by atoms with Crippen LogP contribution in [-0.2, 0) is 9.47 Å². The van der Waals surface area contributed by atoms with Crippen LogP contribution in [0.3, 0.4) is 0 Å². The monoisotopic (exact) mass is 218 g/mol. The smallest absolute Gasteiger partial charge is 0.158 e. The van der Waals surface area contributed by atoms with Crippen molar-refractivity contribution in [2.24, 2.45) is 0 Å². The molecule has 1 heterocycles. The SMILES string of the molecule is CCO[C@@H]1CC[C@H](/C=C/c2ccccc2)O1. The molecular formula is C14H18O2. The Morgan fingerprint density at radius 3 is 2.88 bits per heavy atom. The van der Waals surface area contributed by atoms with Gasteiger partial charge in [-0.3, -0.25) is 0 Å². The van der Waals surface area contributed by atoms with Gasteiger partial charge in [-0.15, -0.1) is 0 Å². The second-order valence-corrected chi connectivity index (χ2v) is 3.91. The third-order valence-electron chi connectivity index (χ3n) is 2.67. The van der Waals surface area contributed by atoms with Crippen LogP contribution in [0.15, 0.2) is 36.4 Å². The van der Waals surface area contributed by atoms with E-state index in [9.17, 15) is 0 Å². The fraction of sp³-hybridized carbons (Fsp3) is 0.429. The number of benzene rings is 1. The third kappa shape index (κ3) is 3.19. The molecule has 1 saturated heterocycles. The van der Waals surface area contributed by atoms with Gasteiger partial charge < -0.3 is 9.47 Å². The molecule has 0 aliphatic carbocycles. The predicted molar refractivity (Wildman–Crippen MR) is 65.0 cm³/mol. The first-order valence-corrected chi connectivity index (χ1v) is 5.89. The molecule has 0 aromatic heterocycles. The zero-order chi connectivity index (χ0) is 11.2. The minimum Gasteiger partial charge on any atom is -0.353 e. The van der Waals surface area contributed by atoms with Gasteiger partial charge in [0.1, 0.15) is 0 Å². The Morgan fingerprint density at radius 1 is 1.31 bits per heavy atom. The molecule has 1 fully saturated rings. The van der Waals surface area contributed by atoms with Crippen molar-refractivity contribution in [3.63, 3.8) is 0 Å². The second-order valence-electron chi connectivity index (χ2n) is 3.91. The van der Waals surface area contributed by atoms with Gasteiger partial charge in [-0.1, -0.05) is 42.5 Å². The van der Waals surface area contributed by atoms with Gasteiger partial charge in [0, 0.05) is 13.0 Å². The van der Waals surface area contributed by atoms with E-state index >= 15 is 0 Å². The Morgan fingerprint density at radius 2 is 2.12 bits per heavy atom. The van der Waals surface area contributed by atoms with E-state index in [1.54, 1.807) is 0 Å². The third-order valence-corrected chi connectivity index (χ3v) is 2.67. The number of ether oxygens (including phenoxy) is 2.